The van der Waals surface area contributed by atoms with Crippen LogP contribution in [0.5, 0.6) is 0 Å². The summed E-state index contributed by atoms with van der Waals surface area (Å²) in [6.07, 6.45) is 0. The SMILES string of the molecule is Cc1cc(C)[n+](CC(=O)c2ccccc2)c2sc(C(=O)NC(C)c3ccccc3)c(N)c12. The average molecular weight is 445 g/mol. The molecule has 2 aromatic heterocycles. The number of fused-ring (bicyclic) bond motifs is 1. The molecule has 0 bridgehead atoms. The van der Waals surface area contributed by atoms with Gasteiger partial charge in [0.05, 0.1) is 17.1 Å². The first-order valence-corrected chi connectivity index (χ1v) is 11.3. The molecule has 5 nitrogen and oxygen atoms in total. The molecule has 1 unspecified atom stereocenters. The lowest BCUT2D eigenvalue weighted by Crippen LogP contribution is -2.41. The van der Waals surface area contributed by atoms with Gasteiger partial charge in [-0.15, -0.1) is 0 Å². The van der Waals surface area contributed by atoms with Crippen LogP contribution in [0.15, 0.2) is 66.7 Å². The molecule has 1 amide bonds. The molecule has 0 saturated carbocycles. The molecule has 0 aliphatic heterocycles. The molecule has 4 aromatic rings. The highest BCUT2D eigenvalue weighted by atomic mass is 32.1. The topological polar surface area (TPSA) is 76.1 Å². The van der Waals surface area contributed by atoms with E-state index in [2.05, 4.69) is 5.32 Å². The van der Waals surface area contributed by atoms with Gasteiger partial charge >= 0.3 is 0 Å². The number of rotatable bonds is 6. The minimum atomic E-state index is -0.210. The van der Waals surface area contributed by atoms with Gasteiger partial charge in [-0.1, -0.05) is 72.0 Å². The van der Waals surface area contributed by atoms with Crippen molar-refractivity contribution in [3.63, 3.8) is 0 Å². The lowest BCUT2D eigenvalue weighted by molar-refractivity contribution is -0.661. The highest BCUT2D eigenvalue weighted by Gasteiger charge is 2.28. The molecule has 0 fully saturated rings. The molecule has 2 aromatic carbocycles. The highest BCUT2D eigenvalue weighted by Crippen LogP contribution is 2.34. The van der Waals surface area contributed by atoms with Gasteiger partial charge in [-0.05, 0) is 25.0 Å². The van der Waals surface area contributed by atoms with Gasteiger partial charge < -0.3 is 11.1 Å². The van der Waals surface area contributed by atoms with Crippen molar-refractivity contribution in [1.82, 2.24) is 5.32 Å². The van der Waals surface area contributed by atoms with Crippen LogP contribution in [0, 0.1) is 13.8 Å². The molecule has 32 heavy (non-hydrogen) atoms. The third kappa shape index (κ3) is 4.14. The number of ketones is 1. The zero-order chi connectivity index (χ0) is 22.8. The first kappa shape index (κ1) is 21.7. The fourth-order valence-electron chi connectivity index (χ4n) is 3.94. The molecule has 6 heteroatoms. The largest absolute Gasteiger partial charge is 0.397 e. The Balaban J connectivity index is 1.70. The number of hydrogen-bond acceptors (Lipinski definition) is 4. The van der Waals surface area contributed by atoms with Gasteiger partial charge in [0, 0.05) is 18.6 Å². The summed E-state index contributed by atoms with van der Waals surface area (Å²) in [6, 6.07) is 20.9. The number of pyridine rings is 1. The Morgan fingerprint density at radius 2 is 1.66 bits per heavy atom. The summed E-state index contributed by atoms with van der Waals surface area (Å²) in [5, 5.41) is 3.88. The summed E-state index contributed by atoms with van der Waals surface area (Å²) in [5.41, 5.74) is 10.6. The monoisotopic (exact) mass is 444 g/mol. The predicted molar refractivity (Wildman–Crippen MR) is 129 cm³/mol. The van der Waals surface area contributed by atoms with Gasteiger partial charge in [0.15, 0.2) is 5.69 Å². The van der Waals surface area contributed by atoms with E-state index >= 15 is 0 Å². The van der Waals surface area contributed by atoms with Crippen LogP contribution in [0.2, 0.25) is 0 Å². The van der Waals surface area contributed by atoms with Gasteiger partial charge in [0.2, 0.25) is 12.3 Å². The number of amides is 1. The van der Waals surface area contributed by atoms with E-state index in [9.17, 15) is 9.59 Å². The number of benzene rings is 2. The van der Waals surface area contributed by atoms with Crippen LogP contribution in [-0.2, 0) is 6.54 Å². The standard InChI is InChI=1S/C26H25N3O2S/c1-16-14-17(2)29(15-21(30)20-12-8-5-9-13-20)26-22(16)23(27)24(32-26)25(31)28-18(3)19-10-6-4-7-11-19/h4-14,18H,15H2,1-3H3,(H2-,27,28,31)/p+1. The van der Waals surface area contributed by atoms with E-state index in [1.165, 1.54) is 11.3 Å². The summed E-state index contributed by atoms with van der Waals surface area (Å²) in [4.78, 5) is 27.3. The smallest absolute Gasteiger partial charge is 0.272 e. The van der Waals surface area contributed by atoms with Crippen LogP contribution < -0.4 is 15.6 Å². The molecule has 2 heterocycles. The molecular formula is C26H26N3O2S+. The summed E-state index contributed by atoms with van der Waals surface area (Å²) in [6.45, 7) is 6.09. The van der Waals surface area contributed by atoms with Crippen molar-refractivity contribution in [2.75, 3.05) is 5.73 Å². The van der Waals surface area contributed by atoms with Gasteiger partial charge in [-0.3, -0.25) is 9.59 Å². The van der Waals surface area contributed by atoms with E-state index < -0.39 is 0 Å². The Morgan fingerprint density at radius 3 is 2.31 bits per heavy atom. The Bertz CT molecular complexity index is 1300. The number of carbonyl (C=O) groups is 2. The van der Waals surface area contributed by atoms with Crippen molar-refractivity contribution >= 4 is 38.9 Å². The van der Waals surface area contributed by atoms with Crippen molar-refractivity contribution in [3.05, 3.63) is 94.0 Å². The van der Waals surface area contributed by atoms with Crippen LogP contribution in [0.3, 0.4) is 0 Å². The molecular weight excluding hydrogens is 418 g/mol. The van der Waals surface area contributed by atoms with Crippen molar-refractivity contribution in [3.8, 4) is 0 Å². The van der Waals surface area contributed by atoms with E-state index in [0.29, 0.717) is 16.1 Å². The molecule has 0 aliphatic carbocycles. The first-order chi connectivity index (χ1) is 15.4. The number of nitrogens with one attached hydrogen (secondary N) is 1. The van der Waals surface area contributed by atoms with Crippen molar-refractivity contribution in [2.45, 2.75) is 33.4 Å². The maximum atomic E-state index is 13.1. The third-order valence-electron chi connectivity index (χ3n) is 5.67. The number of thiophene rings is 1. The first-order valence-electron chi connectivity index (χ1n) is 10.5. The molecule has 162 valence electrons. The van der Waals surface area contributed by atoms with Gasteiger partial charge in [-0.2, -0.15) is 4.57 Å². The van der Waals surface area contributed by atoms with Crippen LogP contribution in [0.1, 0.15) is 49.8 Å². The number of aryl methyl sites for hydroxylation is 2. The van der Waals surface area contributed by atoms with E-state index in [4.69, 9.17) is 5.73 Å². The number of aromatic nitrogens is 1. The maximum Gasteiger partial charge on any atom is 0.272 e. The molecule has 3 N–H and O–H groups in total. The zero-order valence-electron chi connectivity index (χ0n) is 18.4. The molecule has 0 saturated heterocycles. The normalized spacial score (nSPS) is 12.0. The number of Topliss-reactive ketones (excluding diaryl/α,β-unsaturated/α-hetero) is 1. The molecule has 0 aliphatic rings. The fraction of sp³-hybridized carbons (Fsp3) is 0.192. The quantitative estimate of drug-likeness (QED) is 0.332. The number of nitrogen functional groups attached to an aromatic ring is 1. The Labute approximate surface area is 191 Å². The van der Waals surface area contributed by atoms with E-state index in [0.717, 1.165) is 27.0 Å². The number of carbonyl (C=O) groups excluding carboxylic acids is 2. The highest BCUT2D eigenvalue weighted by molar-refractivity contribution is 7.20. The second-order valence-corrected chi connectivity index (χ2v) is 8.97. The van der Waals surface area contributed by atoms with Crippen molar-refractivity contribution < 1.29 is 14.2 Å². The Kier molecular flexibility index (Phi) is 6.06. The van der Waals surface area contributed by atoms with Crippen LogP contribution in [0.4, 0.5) is 5.69 Å². The minimum absolute atomic E-state index is 0.0134. The van der Waals surface area contributed by atoms with Gasteiger partial charge in [0.25, 0.3) is 10.7 Å². The Hall–Kier alpha value is -3.51. The number of hydrogen-bond donors (Lipinski definition) is 2. The van der Waals surface area contributed by atoms with Gasteiger partial charge in [0.1, 0.15) is 4.88 Å². The molecule has 0 spiro atoms. The van der Waals surface area contributed by atoms with E-state index in [1.807, 2.05) is 92.1 Å². The van der Waals surface area contributed by atoms with Crippen LogP contribution >= 0.6 is 11.3 Å². The number of nitrogens with two attached hydrogens (primary N) is 1. The fourth-order valence-corrected chi connectivity index (χ4v) is 5.19. The maximum absolute atomic E-state index is 13.1. The van der Waals surface area contributed by atoms with Crippen LogP contribution in [-0.4, -0.2) is 11.7 Å². The second kappa shape index (κ2) is 8.93. The molecule has 4 rings (SSSR count). The average Bonchev–Trinajstić information content (AvgIpc) is 3.15. The van der Waals surface area contributed by atoms with Crippen molar-refractivity contribution in [1.29, 1.82) is 0 Å². The zero-order valence-corrected chi connectivity index (χ0v) is 19.2. The lowest BCUT2D eigenvalue weighted by atomic mass is 10.1. The molecule has 1 atom stereocenters. The number of nitrogens with zero attached hydrogens (tertiary/aromatic N) is 1. The number of anilines is 1. The van der Waals surface area contributed by atoms with E-state index in [1.54, 1.807) is 0 Å². The summed E-state index contributed by atoms with van der Waals surface area (Å²) >= 11 is 1.34. The van der Waals surface area contributed by atoms with Crippen LogP contribution in [0.25, 0.3) is 10.2 Å². The molecule has 0 radical (unpaired) electrons. The van der Waals surface area contributed by atoms with E-state index in [-0.39, 0.29) is 24.3 Å². The summed E-state index contributed by atoms with van der Waals surface area (Å²) in [5.74, 6) is -0.197. The third-order valence-corrected chi connectivity index (χ3v) is 6.90. The minimum Gasteiger partial charge on any atom is -0.397 e. The summed E-state index contributed by atoms with van der Waals surface area (Å²) in [7, 11) is 0. The Morgan fingerprint density at radius 1 is 1.03 bits per heavy atom. The summed E-state index contributed by atoms with van der Waals surface area (Å²) < 4.78 is 1.95. The second-order valence-electron chi connectivity index (χ2n) is 7.97. The lowest BCUT2D eigenvalue weighted by Gasteiger charge is -2.13. The van der Waals surface area contributed by atoms with Crippen molar-refractivity contribution in [2.24, 2.45) is 0 Å². The van der Waals surface area contributed by atoms with Gasteiger partial charge in [-0.25, -0.2) is 0 Å². The predicted octanol–water partition coefficient (Wildman–Crippen LogP) is 4.76.